The maximum absolute atomic E-state index is 12.2. The summed E-state index contributed by atoms with van der Waals surface area (Å²) in [5.74, 6) is -2.28. The lowest BCUT2D eigenvalue weighted by atomic mass is 10.0. The normalized spacial score (nSPS) is 12.4. The van der Waals surface area contributed by atoms with Crippen molar-refractivity contribution in [1.82, 2.24) is 16.0 Å². The molecule has 0 bridgehead atoms. The van der Waals surface area contributed by atoms with Crippen molar-refractivity contribution in [2.45, 2.75) is 154 Å². The second kappa shape index (κ2) is 26.4. The van der Waals surface area contributed by atoms with Gasteiger partial charge in [-0.05, 0) is 52.5 Å². The van der Waals surface area contributed by atoms with E-state index in [4.69, 9.17) is 5.11 Å². The Morgan fingerprint density at radius 1 is 0.561 bits per heavy atom. The maximum Gasteiger partial charge on any atom is 0.326 e. The fourth-order valence-corrected chi connectivity index (χ4v) is 4.82. The summed E-state index contributed by atoms with van der Waals surface area (Å²) in [6, 6.07) is -1.24. The zero-order chi connectivity index (χ0) is 30.7. The predicted octanol–water partition coefficient (Wildman–Crippen LogP) is 5.13. The lowest BCUT2D eigenvalue weighted by molar-refractivity contribution is -0.142. The number of carbonyl (C=O) groups excluding carboxylic acids is 3. The second-order valence-electron chi connectivity index (χ2n) is 11.1. The highest BCUT2D eigenvalue weighted by Gasteiger charge is 2.20. The van der Waals surface area contributed by atoms with E-state index in [1.807, 2.05) is 0 Å². The van der Waals surface area contributed by atoms with Gasteiger partial charge in [-0.3, -0.25) is 19.2 Å². The number of Topliss-reactive ketones (excluding diaryl/α,β-unsaturated/α-hetero) is 1. The number of hydrogen-bond acceptors (Lipinski definition) is 6. The minimum Gasteiger partial charge on any atom is -0.481 e. The average Bonchev–Trinajstić information content (AvgIpc) is 2.92. The van der Waals surface area contributed by atoms with Crippen molar-refractivity contribution in [3.05, 3.63) is 0 Å². The van der Waals surface area contributed by atoms with Gasteiger partial charge >= 0.3 is 11.9 Å². The van der Waals surface area contributed by atoms with E-state index in [1.54, 1.807) is 14.0 Å². The monoisotopic (exact) mass is 583 g/mol. The quantitative estimate of drug-likeness (QED) is 0.0757. The fourth-order valence-electron chi connectivity index (χ4n) is 4.82. The molecule has 0 aromatic heterocycles. The summed E-state index contributed by atoms with van der Waals surface area (Å²) in [6.07, 6.45) is 18.3. The van der Waals surface area contributed by atoms with Crippen LogP contribution in [0.25, 0.3) is 0 Å². The molecule has 0 fully saturated rings. The highest BCUT2D eigenvalue weighted by Crippen LogP contribution is 2.14. The van der Waals surface area contributed by atoms with E-state index in [2.05, 4.69) is 16.0 Å². The van der Waals surface area contributed by atoms with E-state index in [9.17, 15) is 29.1 Å². The SMILES string of the molecule is CN[C@@H](CCCCNC(=O)CC[C@H](NC(=O)CCCCCCCCCCCCCCCCC(=O)O)C(=O)O)C(C)=O. The Morgan fingerprint density at radius 2 is 1.05 bits per heavy atom. The highest BCUT2D eigenvalue weighted by molar-refractivity contribution is 5.84. The van der Waals surface area contributed by atoms with Crippen LogP contribution in [0.1, 0.15) is 142 Å². The number of nitrogens with one attached hydrogen (secondary N) is 3. The zero-order valence-corrected chi connectivity index (χ0v) is 25.6. The third-order valence-electron chi connectivity index (χ3n) is 7.42. The number of carboxylic acids is 2. The van der Waals surface area contributed by atoms with Gasteiger partial charge in [-0.15, -0.1) is 0 Å². The smallest absolute Gasteiger partial charge is 0.326 e. The number of amides is 2. The first-order chi connectivity index (χ1) is 19.7. The van der Waals surface area contributed by atoms with Crippen LogP contribution in [-0.2, 0) is 24.0 Å². The van der Waals surface area contributed by atoms with Crippen molar-refractivity contribution in [3.8, 4) is 0 Å². The van der Waals surface area contributed by atoms with Crippen molar-refractivity contribution in [3.63, 3.8) is 0 Å². The van der Waals surface area contributed by atoms with E-state index in [-0.39, 0.29) is 42.9 Å². The Kier molecular flexibility index (Phi) is 24.8. The molecule has 0 saturated heterocycles. The summed E-state index contributed by atoms with van der Waals surface area (Å²) < 4.78 is 0. The number of carbonyl (C=O) groups is 5. The van der Waals surface area contributed by atoms with Crippen LogP contribution in [0.2, 0.25) is 0 Å². The number of carboxylic acid groups (broad SMARTS) is 2. The van der Waals surface area contributed by atoms with Crippen molar-refractivity contribution in [1.29, 1.82) is 0 Å². The lowest BCUT2D eigenvalue weighted by Crippen LogP contribution is -2.41. The molecule has 5 N–H and O–H groups in total. The molecule has 0 rings (SSSR count). The molecule has 0 saturated carbocycles. The number of ketones is 1. The topological polar surface area (TPSA) is 162 Å². The molecule has 0 spiro atoms. The van der Waals surface area contributed by atoms with Crippen molar-refractivity contribution < 1.29 is 34.2 Å². The van der Waals surface area contributed by atoms with Gasteiger partial charge in [-0.1, -0.05) is 77.0 Å². The zero-order valence-electron chi connectivity index (χ0n) is 25.6. The Morgan fingerprint density at radius 3 is 1.49 bits per heavy atom. The van der Waals surface area contributed by atoms with Gasteiger partial charge in [-0.2, -0.15) is 0 Å². The van der Waals surface area contributed by atoms with E-state index in [1.165, 1.54) is 44.9 Å². The van der Waals surface area contributed by atoms with Crippen LogP contribution in [0, 0.1) is 0 Å². The van der Waals surface area contributed by atoms with Gasteiger partial charge in [0, 0.05) is 25.8 Å². The van der Waals surface area contributed by atoms with Gasteiger partial charge in [0.25, 0.3) is 0 Å². The molecule has 0 unspecified atom stereocenters. The molecular weight excluding hydrogens is 526 g/mol. The molecule has 10 heteroatoms. The van der Waals surface area contributed by atoms with Crippen LogP contribution in [0.3, 0.4) is 0 Å². The van der Waals surface area contributed by atoms with Crippen LogP contribution in [-0.4, -0.2) is 65.4 Å². The predicted molar refractivity (Wildman–Crippen MR) is 161 cm³/mol. The number of unbranched alkanes of at least 4 members (excludes halogenated alkanes) is 14. The van der Waals surface area contributed by atoms with E-state index >= 15 is 0 Å². The summed E-state index contributed by atoms with van der Waals surface area (Å²) in [6.45, 7) is 2.02. The molecular formula is C31H57N3O7. The van der Waals surface area contributed by atoms with Gasteiger partial charge in [-0.25, -0.2) is 4.79 Å². The molecule has 2 amide bonds. The first-order valence-corrected chi connectivity index (χ1v) is 15.9. The van der Waals surface area contributed by atoms with Gasteiger partial charge < -0.3 is 26.2 Å². The van der Waals surface area contributed by atoms with Crippen molar-refractivity contribution in [2.24, 2.45) is 0 Å². The van der Waals surface area contributed by atoms with Crippen LogP contribution in [0.5, 0.6) is 0 Å². The molecule has 238 valence electrons. The Hall–Kier alpha value is -2.49. The van der Waals surface area contributed by atoms with Gasteiger partial charge in [0.1, 0.15) is 11.8 Å². The molecule has 41 heavy (non-hydrogen) atoms. The van der Waals surface area contributed by atoms with Crippen molar-refractivity contribution >= 4 is 29.5 Å². The van der Waals surface area contributed by atoms with E-state index in [0.717, 1.165) is 57.8 Å². The Bertz CT molecular complexity index is 745. The Balaban J connectivity index is 3.73. The van der Waals surface area contributed by atoms with Gasteiger partial charge in [0.2, 0.25) is 11.8 Å². The molecule has 0 radical (unpaired) electrons. The second-order valence-corrected chi connectivity index (χ2v) is 11.1. The number of hydrogen-bond donors (Lipinski definition) is 5. The maximum atomic E-state index is 12.2. The van der Waals surface area contributed by atoms with Crippen molar-refractivity contribution in [2.75, 3.05) is 13.6 Å². The highest BCUT2D eigenvalue weighted by atomic mass is 16.4. The number of rotatable bonds is 29. The fraction of sp³-hybridized carbons (Fsp3) is 0.839. The largest absolute Gasteiger partial charge is 0.481 e. The third kappa shape index (κ3) is 25.0. The summed E-state index contributed by atoms with van der Waals surface area (Å²) in [5.41, 5.74) is 0. The first-order valence-electron chi connectivity index (χ1n) is 15.9. The third-order valence-corrected chi connectivity index (χ3v) is 7.42. The molecule has 0 aliphatic rings. The molecule has 0 aliphatic carbocycles. The Labute approximate surface area is 247 Å². The summed E-state index contributed by atoms with van der Waals surface area (Å²) in [5, 5.41) is 26.3. The first kappa shape index (κ1) is 38.5. The number of likely N-dealkylation sites (N-methyl/N-ethyl adjacent to an activating group) is 1. The summed E-state index contributed by atoms with van der Waals surface area (Å²) in [7, 11) is 1.75. The van der Waals surface area contributed by atoms with E-state index < -0.39 is 18.0 Å². The van der Waals surface area contributed by atoms with Crippen LogP contribution in [0.15, 0.2) is 0 Å². The molecule has 0 aromatic carbocycles. The van der Waals surface area contributed by atoms with Crippen LogP contribution in [0.4, 0.5) is 0 Å². The minimum atomic E-state index is -1.13. The number of aliphatic carboxylic acids is 2. The standard InChI is InChI=1S/C31H57N3O7/c1-25(35)26(32-2)19-17-18-24-33-28(36)23-22-27(31(40)41)34-29(37)20-15-13-11-9-7-5-3-4-6-8-10-12-14-16-21-30(38)39/h26-27,32H,3-24H2,1-2H3,(H,33,36)(H,34,37)(H,38,39)(H,40,41)/t26-,27-/m0/s1. The average molecular weight is 584 g/mol. The van der Waals surface area contributed by atoms with Crippen LogP contribution < -0.4 is 16.0 Å². The molecule has 0 aliphatic heterocycles. The summed E-state index contributed by atoms with van der Waals surface area (Å²) in [4.78, 5) is 57.7. The van der Waals surface area contributed by atoms with Gasteiger partial charge in [0.15, 0.2) is 0 Å². The molecule has 0 aromatic rings. The lowest BCUT2D eigenvalue weighted by Gasteiger charge is -2.15. The van der Waals surface area contributed by atoms with E-state index in [0.29, 0.717) is 19.4 Å². The summed E-state index contributed by atoms with van der Waals surface area (Å²) >= 11 is 0. The van der Waals surface area contributed by atoms with Gasteiger partial charge in [0.05, 0.1) is 6.04 Å². The molecule has 2 atom stereocenters. The van der Waals surface area contributed by atoms with Crippen LogP contribution >= 0.6 is 0 Å². The molecule has 10 nitrogen and oxygen atoms in total. The molecule has 0 heterocycles. The minimum absolute atomic E-state index is 0.0262.